The van der Waals surface area contributed by atoms with Crippen LogP contribution < -0.4 is 9.64 Å². The summed E-state index contributed by atoms with van der Waals surface area (Å²) in [4.78, 5) is 6.28. The smallest absolute Gasteiger partial charge is 0.264 e. The summed E-state index contributed by atoms with van der Waals surface area (Å²) in [5.74, 6) is 1.23. The topological polar surface area (TPSA) is 68.7 Å². The van der Waals surface area contributed by atoms with Gasteiger partial charge in [-0.25, -0.2) is 4.98 Å². The molecule has 1 aromatic heterocycles. The van der Waals surface area contributed by atoms with E-state index in [-0.39, 0.29) is 19.3 Å². The summed E-state index contributed by atoms with van der Waals surface area (Å²) >= 11 is 12.3. The maximum Gasteiger partial charge on any atom is 0.264 e. The first-order valence-corrected chi connectivity index (χ1v) is 10.0. The molecule has 134 valence electrons. The van der Waals surface area contributed by atoms with Gasteiger partial charge in [0.1, 0.15) is 6.61 Å². The van der Waals surface area contributed by atoms with Crippen molar-refractivity contribution >= 4 is 39.1 Å². The zero-order valence-electron chi connectivity index (χ0n) is 13.4. The third kappa shape index (κ3) is 4.55. The lowest BCUT2D eigenvalue weighted by Gasteiger charge is -2.37. The molecule has 1 aromatic carbocycles. The van der Waals surface area contributed by atoms with Gasteiger partial charge in [-0.05, 0) is 35.9 Å². The van der Waals surface area contributed by atoms with Crippen LogP contribution in [0.3, 0.4) is 0 Å². The predicted octanol–water partition coefficient (Wildman–Crippen LogP) is 3.13. The van der Waals surface area contributed by atoms with Crippen LogP contribution in [0.25, 0.3) is 0 Å². The molecule has 9 heteroatoms. The molecule has 0 unspecified atom stereocenters. The van der Waals surface area contributed by atoms with E-state index in [9.17, 15) is 8.42 Å². The van der Waals surface area contributed by atoms with E-state index < -0.39 is 10.1 Å². The van der Waals surface area contributed by atoms with Crippen LogP contribution in [0.2, 0.25) is 10.0 Å². The van der Waals surface area contributed by atoms with Crippen LogP contribution in [0.4, 0.5) is 5.82 Å². The maximum absolute atomic E-state index is 11.3. The minimum absolute atomic E-state index is 0.0486. The molecule has 0 saturated carbocycles. The first-order valence-electron chi connectivity index (χ1n) is 7.46. The second-order valence-electron chi connectivity index (χ2n) is 5.64. The number of pyridine rings is 1. The Balaban J connectivity index is 1.92. The van der Waals surface area contributed by atoms with Gasteiger partial charge in [0.15, 0.2) is 11.6 Å². The highest BCUT2D eigenvalue weighted by Crippen LogP contribution is 2.34. The van der Waals surface area contributed by atoms with E-state index in [1.807, 2.05) is 11.0 Å². The second kappa shape index (κ2) is 7.37. The number of nitrogens with zero attached hydrogens (tertiary/aromatic N) is 2. The molecule has 0 amide bonds. The molecule has 2 aromatic rings. The van der Waals surface area contributed by atoms with Crippen LogP contribution in [0.15, 0.2) is 36.5 Å². The molecule has 0 bridgehead atoms. The maximum atomic E-state index is 11.3. The summed E-state index contributed by atoms with van der Waals surface area (Å²) in [6.45, 7) is 0.615. The molecule has 0 saturated heterocycles. The molecule has 1 atom stereocenters. The van der Waals surface area contributed by atoms with Crippen molar-refractivity contribution in [2.75, 3.05) is 24.4 Å². The predicted molar refractivity (Wildman–Crippen MR) is 97.0 cm³/mol. The van der Waals surface area contributed by atoms with Crippen molar-refractivity contribution in [3.05, 3.63) is 52.1 Å². The van der Waals surface area contributed by atoms with Gasteiger partial charge < -0.3 is 9.64 Å². The molecule has 3 rings (SSSR count). The number of ether oxygens (including phenoxy) is 1. The molecule has 1 aliphatic heterocycles. The van der Waals surface area contributed by atoms with E-state index in [1.165, 1.54) is 0 Å². The van der Waals surface area contributed by atoms with Crippen molar-refractivity contribution in [3.63, 3.8) is 0 Å². The van der Waals surface area contributed by atoms with E-state index in [0.717, 1.165) is 11.8 Å². The lowest BCUT2D eigenvalue weighted by Crippen LogP contribution is -2.46. The Morgan fingerprint density at radius 2 is 2.16 bits per heavy atom. The average molecular weight is 403 g/mol. The van der Waals surface area contributed by atoms with E-state index in [1.54, 1.807) is 30.5 Å². The van der Waals surface area contributed by atoms with E-state index in [2.05, 4.69) is 4.98 Å². The monoisotopic (exact) mass is 402 g/mol. The fourth-order valence-corrected chi connectivity index (χ4v) is 3.33. The molecule has 0 radical (unpaired) electrons. The fraction of sp³-hybridized carbons (Fsp3) is 0.312. The normalized spacial score (nSPS) is 17.1. The molecule has 2 heterocycles. The van der Waals surface area contributed by atoms with Gasteiger partial charge in [0.05, 0.1) is 18.9 Å². The molecule has 25 heavy (non-hydrogen) atoms. The minimum atomic E-state index is -3.56. The van der Waals surface area contributed by atoms with E-state index in [4.69, 9.17) is 32.1 Å². The summed E-state index contributed by atoms with van der Waals surface area (Å²) in [6.07, 6.45) is 2.66. The Morgan fingerprint density at radius 1 is 1.36 bits per heavy atom. The number of hydrogen-bond donors (Lipinski definition) is 0. The van der Waals surface area contributed by atoms with Gasteiger partial charge in [0.25, 0.3) is 10.1 Å². The van der Waals surface area contributed by atoms with Gasteiger partial charge in [-0.2, -0.15) is 8.42 Å². The first-order chi connectivity index (χ1) is 11.8. The van der Waals surface area contributed by atoms with E-state index in [0.29, 0.717) is 28.2 Å². The summed E-state index contributed by atoms with van der Waals surface area (Å²) in [5.41, 5.74) is 0.803. The van der Waals surface area contributed by atoms with Crippen molar-refractivity contribution in [3.8, 4) is 5.75 Å². The van der Waals surface area contributed by atoms with E-state index >= 15 is 0 Å². The number of fused-ring (bicyclic) bond motifs is 1. The second-order valence-corrected chi connectivity index (χ2v) is 8.13. The number of anilines is 1. The Bertz CT molecular complexity index is 876. The standard InChI is InChI=1S/C16H16Cl2N2O4S/c1-25(21,22)24-10-13-9-23-15-3-2-6-19-16(15)20(13)8-11-7-12(17)4-5-14(11)18/h2-7,13H,8-10H2,1H3/t13-/m1/s1. The van der Waals surface area contributed by atoms with Gasteiger partial charge >= 0.3 is 0 Å². The highest BCUT2D eigenvalue weighted by Gasteiger charge is 2.30. The van der Waals surface area contributed by atoms with Gasteiger partial charge in [-0.15, -0.1) is 0 Å². The van der Waals surface area contributed by atoms with Crippen LogP contribution in [0.5, 0.6) is 5.75 Å². The van der Waals surface area contributed by atoms with Crippen LogP contribution >= 0.6 is 23.2 Å². The van der Waals surface area contributed by atoms with Gasteiger partial charge in [0, 0.05) is 22.8 Å². The van der Waals surface area contributed by atoms with Crippen LogP contribution in [0, 0.1) is 0 Å². The first kappa shape index (κ1) is 18.3. The van der Waals surface area contributed by atoms with Crippen molar-refractivity contribution < 1.29 is 17.3 Å². The Hall–Kier alpha value is -1.54. The van der Waals surface area contributed by atoms with Crippen LogP contribution in [0.1, 0.15) is 5.56 Å². The molecular formula is C16H16Cl2N2O4S. The molecule has 0 N–H and O–H groups in total. The highest BCUT2D eigenvalue weighted by atomic mass is 35.5. The number of hydrogen-bond acceptors (Lipinski definition) is 6. The number of rotatable bonds is 5. The Kier molecular flexibility index (Phi) is 5.38. The van der Waals surface area contributed by atoms with Gasteiger partial charge in [-0.3, -0.25) is 4.18 Å². The Labute approximate surface area is 156 Å². The fourth-order valence-electron chi connectivity index (χ4n) is 2.55. The van der Waals surface area contributed by atoms with Crippen LogP contribution in [-0.2, 0) is 20.8 Å². The third-order valence-corrected chi connectivity index (χ3v) is 4.89. The van der Waals surface area contributed by atoms with Crippen molar-refractivity contribution in [1.82, 2.24) is 4.98 Å². The zero-order chi connectivity index (χ0) is 18.0. The molecule has 0 aliphatic carbocycles. The lowest BCUT2D eigenvalue weighted by atomic mass is 10.1. The number of aromatic nitrogens is 1. The average Bonchev–Trinajstić information content (AvgIpc) is 2.56. The largest absolute Gasteiger partial charge is 0.487 e. The quantitative estimate of drug-likeness (QED) is 0.715. The summed E-state index contributed by atoms with van der Waals surface area (Å²) < 4.78 is 33.3. The third-order valence-electron chi connectivity index (χ3n) is 3.72. The minimum Gasteiger partial charge on any atom is -0.487 e. The molecule has 6 nitrogen and oxygen atoms in total. The van der Waals surface area contributed by atoms with Gasteiger partial charge in [0.2, 0.25) is 0 Å². The van der Waals surface area contributed by atoms with Crippen LogP contribution in [-0.4, -0.2) is 38.9 Å². The number of halogens is 2. The molecule has 0 spiro atoms. The summed E-state index contributed by atoms with van der Waals surface area (Å²) in [6, 6.07) is 8.45. The van der Waals surface area contributed by atoms with Crippen molar-refractivity contribution in [1.29, 1.82) is 0 Å². The lowest BCUT2D eigenvalue weighted by molar-refractivity contribution is 0.201. The molecular weight excluding hydrogens is 387 g/mol. The molecule has 0 fully saturated rings. The van der Waals surface area contributed by atoms with Crippen molar-refractivity contribution in [2.24, 2.45) is 0 Å². The van der Waals surface area contributed by atoms with Gasteiger partial charge in [-0.1, -0.05) is 23.2 Å². The SMILES string of the molecule is CS(=O)(=O)OC[C@H]1COc2cccnc2N1Cc1cc(Cl)ccc1Cl. The summed E-state index contributed by atoms with van der Waals surface area (Å²) in [5, 5.41) is 1.13. The number of benzene rings is 1. The van der Waals surface area contributed by atoms with Crippen molar-refractivity contribution in [2.45, 2.75) is 12.6 Å². The zero-order valence-corrected chi connectivity index (χ0v) is 15.7. The summed E-state index contributed by atoms with van der Waals surface area (Å²) in [7, 11) is -3.56. The molecule has 1 aliphatic rings. The highest BCUT2D eigenvalue weighted by molar-refractivity contribution is 7.85. The Morgan fingerprint density at radius 3 is 2.92 bits per heavy atom.